The third-order valence-corrected chi connectivity index (χ3v) is 4.56. The van der Waals surface area contributed by atoms with Gasteiger partial charge in [0.15, 0.2) is 0 Å². The molecule has 0 bridgehead atoms. The Morgan fingerprint density at radius 2 is 1.90 bits per heavy atom. The van der Waals surface area contributed by atoms with Crippen LogP contribution in [0.4, 0.5) is 9.18 Å². The van der Waals surface area contributed by atoms with Gasteiger partial charge in [-0.25, -0.2) is 9.18 Å². The van der Waals surface area contributed by atoms with Crippen LogP contribution >= 0.6 is 0 Å². The first-order valence-corrected chi connectivity index (χ1v) is 9.82. The van der Waals surface area contributed by atoms with Gasteiger partial charge in [-0.05, 0) is 29.8 Å². The molecule has 0 saturated carbocycles. The lowest BCUT2D eigenvalue weighted by atomic mass is 10.2. The van der Waals surface area contributed by atoms with Crippen molar-refractivity contribution in [1.29, 1.82) is 0 Å². The van der Waals surface area contributed by atoms with Gasteiger partial charge in [0.2, 0.25) is 5.91 Å². The maximum atomic E-state index is 12.9. The number of rotatable bonds is 8. The van der Waals surface area contributed by atoms with E-state index in [1.54, 1.807) is 17.0 Å². The van der Waals surface area contributed by atoms with E-state index in [4.69, 9.17) is 14.2 Å². The number of benzene rings is 2. The predicted octanol–water partition coefficient (Wildman–Crippen LogP) is 2.75. The second-order valence-electron chi connectivity index (χ2n) is 6.84. The van der Waals surface area contributed by atoms with E-state index < -0.39 is 6.09 Å². The highest BCUT2D eigenvalue weighted by Gasteiger charge is 2.24. The van der Waals surface area contributed by atoms with Crippen LogP contribution in [0.2, 0.25) is 0 Å². The van der Waals surface area contributed by atoms with Crippen LogP contribution < -0.4 is 10.1 Å². The molecule has 0 aromatic heterocycles. The molecule has 2 amide bonds. The Labute approximate surface area is 174 Å². The lowest BCUT2D eigenvalue weighted by Gasteiger charge is -2.33. The minimum absolute atomic E-state index is 0.0755. The molecule has 3 rings (SSSR count). The highest BCUT2D eigenvalue weighted by molar-refractivity contribution is 5.77. The standard InChI is InChI=1S/C22H25FN2O5/c23-18-6-8-19(9-7-18)29-16-20-14-25(12-13-28-20)21(26)10-11-24-22(27)30-15-17-4-2-1-3-5-17/h1-9,20H,10-16H2,(H,24,27). The second kappa shape index (κ2) is 11.2. The molecule has 1 N–H and O–H groups in total. The highest BCUT2D eigenvalue weighted by Crippen LogP contribution is 2.13. The SMILES string of the molecule is O=C(NCCC(=O)N1CCOC(COc2ccc(F)cc2)C1)OCc1ccccc1. The molecule has 0 spiro atoms. The van der Waals surface area contributed by atoms with E-state index in [0.717, 1.165) is 5.56 Å². The fraction of sp³-hybridized carbons (Fsp3) is 0.364. The van der Waals surface area contributed by atoms with E-state index >= 15 is 0 Å². The topological polar surface area (TPSA) is 77.1 Å². The summed E-state index contributed by atoms with van der Waals surface area (Å²) >= 11 is 0. The zero-order valence-electron chi connectivity index (χ0n) is 16.6. The molecule has 1 atom stereocenters. The Hall–Kier alpha value is -3.13. The number of carbonyl (C=O) groups is 2. The number of amides is 2. The van der Waals surface area contributed by atoms with Crippen molar-refractivity contribution in [3.8, 4) is 5.75 Å². The molecule has 0 aliphatic carbocycles. The molecular formula is C22H25FN2O5. The van der Waals surface area contributed by atoms with Crippen molar-refractivity contribution in [2.45, 2.75) is 19.1 Å². The van der Waals surface area contributed by atoms with E-state index in [2.05, 4.69) is 5.32 Å². The summed E-state index contributed by atoms with van der Waals surface area (Å²) in [5.74, 6) is 0.140. The summed E-state index contributed by atoms with van der Waals surface area (Å²) in [5.41, 5.74) is 0.894. The van der Waals surface area contributed by atoms with Crippen LogP contribution in [0.15, 0.2) is 54.6 Å². The minimum Gasteiger partial charge on any atom is -0.491 e. The van der Waals surface area contributed by atoms with E-state index in [9.17, 15) is 14.0 Å². The number of hydrogen-bond acceptors (Lipinski definition) is 5. The Morgan fingerprint density at radius 1 is 1.13 bits per heavy atom. The molecule has 1 aliphatic heterocycles. The molecule has 160 valence electrons. The van der Waals surface area contributed by atoms with Gasteiger partial charge in [0.05, 0.1) is 13.2 Å². The first kappa shape index (κ1) is 21.6. The van der Waals surface area contributed by atoms with Crippen molar-refractivity contribution in [2.24, 2.45) is 0 Å². The van der Waals surface area contributed by atoms with E-state index in [-0.39, 0.29) is 44.0 Å². The molecule has 1 aliphatic rings. The summed E-state index contributed by atoms with van der Waals surface area (Å²) in [6, 6.07) is 15.1. The van der Waals surface area contributed by atoms with Gasteiger partial charge in [-0.15, -0.1) is 0 Å². The maximum absolute atomic E-state index is 12.9. The lowest BCUT2D eigenvalue weighted by Crippen LogP contribution is -2.48. The summed E-state index contributed by atoms with van der Waals surface area (Å²) in [6.45, 7) is 1.94. The van der Waals surface area contributed by atoms with E-state index in [0.29, 0.717) is 25.4 Å². The van der Waals surface area contributed by atoms with Crippen molar-refractivity contribution in [3.63, 3.8) is 0 Å². The summed E-state index contributed by atoms with van der Waals surface area (Å²) in [7, 11) is 0. The van der Waals surface area contributed by atoms with Gasteiger partial charge < -0.3 is 24.4 Å². The average Bonchev–Trinajstić information content (AvgIpc) is 2.78. The first-order valence-electron chi connectivity index (χ1n) is 9.82. The lowest BCUT2D eigenvalue weighted by molar-refractivity contribution is -0.139. The van der Waals surface area contributed by atoms with E-state index in [1.165, 1.54) is 12.1 Å². The molecule has 2 aromatic carbocycles. The molecule has 7 nitrogen and oxygen atoms in total. The normalized spacial score (nSPS) is 16.0. The number of ether oxygens (including phenoxy) is 3. The van der Waals surface area contributed by atoms with Crippen LogP contribution in [0, 0.1) is 5.82 Å². The third-order valence-electron chi connectivity index (χ3n) is 4.56. The zero-order valence-corrected chi connectivity index (χ0v) is 16.6. The number of halogens is 1. The quantitative estimate of drug-likeness (QED) is 0.716. The Balaban J connectivity index is 1.33. The first-order chi connectivity index (χ1) is 14.6. The van der Waals surface area contributed by atoms with Gasteiger partial charge in [0, 0.05) is 19.5 Å². The zero-order chi connectivity index (χ0) is 21.2. The number of nitrogens with zero attached hydrogens (tertiary/aromatic N) is 1. The minimum atomic E-state index is -0.556. The fourth-order valence-electron chi connectivity index (χ4n) is 2.97. The van der Waals surface area contributed by atoms with Crippen LogP contribution in [0.1, 0.15) is 12.0 Å². The third kappa shape index (κ3) is 7.04. The fourth-order valence-corrected chi connectivity index (χ4v) is 2.97. The summed E-state index contributed by atoms with van der Waals surface area (Å²) in [4.78, 5) is 25.9. The van der Waals surface area contributed by atoms with Crippen molar-refractivity contribution in [3.05, 3.63) is 66.0 Å². The molecular weight excluding hydrogens is 391 g/mol. The van der Waals surface area contributed by atoms with Crippen LogP contribution in [0.25, 0.3) is 0 Å². The second-order valence-corrected chi connectivity index (χ2v) is 6.84. The smallest absolute Gasteiger partial charge is 0.407 e. The van der Waals surface area contributed by atoms with Crippen molar-refractivity contribution < 1.29 is 28.2 Å². The molecule has 1 unspecified atom stereocenters. The van der Waals surface area contributed by atoms with Crippen molar-refractivity contribution in [2.75, 3.05) is 32.8 Å². The van der Waals surface area contributed by atoms with Gasteiger partial charge in [-0.2, -0.15) is 0 Å². The largest absolute Gasteiger partial charge is 0.491 e. The Bertz CT molecular complexity index is 816. The molecule has 8 heteroatoms. The monoisotopic (exact) mass is 416 g/mol. The number of alkyl carbamates (subject to hydrolysis) is 1. The molecule has 30 heavy (non-hydrogen) atoms. The van der Waals surface area contributed by atoms with Crippen molar-refractivity contribution >= 4 is 12.0 Å². The molecule has 2 aromatic rings. The number of hydrogen-bond donors (Lipinski definition) is 1. The van der Waals surface area contributed by atoms with Gasteiger partial charge >= 0.3 is 6.09 Å². The van der Waals surface area contributed by atoms with Crippen LogP contribution in [0.3, 0.4) is 0 Å². The van der Waals surface area contributed by atoms with Gasteiger partial charge in [0.25, 0.3) is 0 Å². The van der Waals surface area contributed by atoms with Gasteiger partial charge in [-0.3, -0.25) is 4.79 Å². The predicted molar refractivity (Wildman–Crippen MR) is 107 cm³/mol. The molecule has 1 heterocycles. The number of nitrogens with one attached hydrogen (secondary N) is 1. The Kier molecular flexibility index (Phi) is 8.02. The van der Waals surface area contributed by atoms with E-state index in [1.807, 2.05) is 30.3 Å². The molecule has 1 fully saturated rings. The summed E-state index contributed by atoms with van der Waals surface area (Å²) in [5, 5.41) is 2.59. The van der Waals surface area contributed by atoms with Crippen molar-refractivity contribution in [1.82, 2.24) is 10.2 Å². The van der Waals surface area contributed by atoms with Crippen LogP contribution in [-0.4, -0.2) is 55.9 Å². The summed E-state index contributed by atoms with van der Waals surface area (Å²) in [6.07, 6.45) is -0.651. The van der Waals surface area contributed by atoms with Gasteiger partial charge in [-0.1, -0.05) is 30.3 Å². The Morgan fingerprint density at radius 3 is 2.67 bits per heavy atom. The molecule has 0 radical (unpaired) electrons. The highest BCUT2D eigenvalue weighted by atomic mass is 19.1. The molecule has 1 saturated heterocycles. The number of morpholine rings is 1. The van der Waals surface area contributed by atoms with Crippen LogP contribution in [-0.2, 0) is 20.9 Å². The van der Waals surface area contributed by atoms with Crippen LogP contribution in [0.5, 0.6) is 5.75 Å². The maximum Gasteiger partial charge on any atom is 0.407 e. The van der Waals surface area contributed by atoms with Gasteiger partial charge in [0.1, 0.15) is 30.9 Å². The number of carbonyl (C=O) groups excluding carboxylic acids is 2. The summed E-state index contributed by atoms with van der Waals surface area (Å²) < 4.78 is 29.3. The average molecular weight is 416 g/mol.